The number of ether oxygens (including phenoxy) is 3. The van der Waals surface area contributed by atoms with E-state index in [4.69, 9.17) is 19.3 Å². The molecule has 0 radical (unpaired) electrons. The van der Waals surface area contributed by atoms with E-state index in [0.29, 0.717) is 6.54 Å². The summed E-state index contributed by atoms with van der Waals surface area (Å²) < 4.78 is 16.1. The molecule has 1 aliphatic heterocycles. The number of rotatable bonds is 6. The van der Waals surface area contributed by atoms with Gasteiger partial charge in [0.1, 0.15) is 24.7 Å². The lowest BCUT2D eigenvalue weighted by Crippen LogP contribution is -2.40. The summed E-state index contributed by atoms with van der Waals surface area (Å²) in [5, 5.41) is 8.90. The molecule has 1 aromatic carbocycles. The van der Waals surface area contributed by atoms with Crippen molar-refractivity contribution < 1.29 is 24.1 Å². The predicted molar refractivity (Wildman–Crippen MR) is 77.4 cm³/mol. The largest absolute Gasteiger partial charge is 0.493 e. The van der Waals surface area contributed by atoms with Gasteiger partial charge in [-0.25, -0.2) is 4.79 Å². The number of para-hydroxylation sites is 2. The molecule has 21 heavy (non-hydrogen) atoms. The van der Waals surface area contributed by atoms with E-state index in [2.05, 4.69) is 4.90 Å². The normalized spacial score (nSPS) is 17.7. The van der Waals surface area contributed by atoms with Gasteiger partial charge in [-0.2, -0.15) is 0 Å². The Morgan fingerprint density at radius 3 is 3.00 bits per heavy atom. The summed E-state index contributed by atoms with van der Waals surface area (Å²) in [7, 11) is 1.98. The number of benzene rings is 1. The maximum absolute atomic E-state index is 10.9. The zero-order valence-electron chi connectivity index (χ0n) is 12.1. The van der Waals surface area contributed by atoms with Crippen LogP contribution in [0.5, 0.6) is 5.75 Å². The van der Waals surface area contributed by atoms with Gasteiger partial charge in [0.15, 0.2) is 0 Å². The van der Waals surface area contributed by atoms with Gasteiger partial charge in [0.2, 0.25) is 5.76 Å². The molecule has 1 unspecified atom stereocenters. The summed E-state index contributed by atoms with van der Waals surface area (Å²) in [5.74, 6) is -0.557. The Bertz CT molecular complexity index is 529. The fourth-order valence-corrected chi connectivity index (χ4v) is 2.11. The summed E-state index contributed by atoms with van der Waals surface area (Å²) in [5.41, 5.74) is 1.03. The topological polar surface area (TPSA) is 68.2 Å². The summed E-state index contributed by atoms with van der Waals surface area (Å²) >= 11 is 0. The van der Waals surface area contributed by atoms with E-state index in [1.54, 1.807) is 6.92 Å². The van der Waals surface area contributed by atoms with Crippen LogP contribution in [0.2, 0.25) is 0 Å². The van der Waals surface area contributed by atoms with Gasteiger partial charge in [0.25, 0.3) is 0 Å². The lowest BCUT2D eigenvalue weighted by molar-refractivity contribution is -0.136. The Kier molecular flexibility index (Phi) is 4.92. The van der Waals surface area contributed by atoms with Crippen molar-refractivity contribution in [2.24, 2.45) is 0 Å². The molecule has 2 rings (SSSR count). The number of carboxylic acids is 1. The first-order valence-corrected chi connectivity index (χ1v) is 6.76. The molecule has 0 saturated carbocycles. The zero-order valence-corrected chi connectivity index (χ0v) is 12.1. The van der Waals surface area contributed by atoms with Crippen molar-refractivity contribution in [2.45, 2.75) is 13.0 Å². The zero-order chi connectivity index (χ0) is 15.2. The second-order valence-electron chi connectivity index (χ2n) is 4.64. The van der Waals surface area contributed by atoms with Crippen LogP contribution < -0.4 is 9.64 Å². The molecule has 0 bridgehead atoms. The number of aliphatic carboxylic acids is 1. The molecule has 1 N–H and O–H groups in total. The third-order valence-corrected chi connectivity index (χ3v) is 3.03. The van der Waals surface area contributed by atoms with Crippen molar-refractivity contribution in [3.8, 4) is 5.75 Å². The van der Waals surface area contributed by atoms with Crippen molar-refractivity contribution in [2.75, 3.05) is 31.7 Å². The molecule has 114 valence electrons. The van der Waals surface area contributed by atoms with Crippen LogP contribution in [-0.4, -0.2) is 44.0 Å². The molecular formula is C15H19NO5. The number of likely N-dealkylation sites (N-methyl/N-ethyl adjacent to an activating group) is 1. The number of carbonyl (C=O) groups is 1. The Balaban J connectivity index is 1.93. The molecule has 0 spiro atoms. The molecule has 1 heterocycles. The lowest BCUT2D eigenvalue weighted by Gasteiger charge is -2.33. The van der Waals surface area contributed by atoms with Gasteiger partial charge >= 0.3 is 5.97 Å². The van der Waals surface area contributed by atoms with Crippen LogP contribution in [0.25, 0.3) is 0 Å². The number of anilines is 1. The smallest absolute Gasteiger partial charge is 0.374 e. The summed E-state index contributed by atoms with van der Waals surface area (Å²) in [6.07, 6.45) is 0.952. The third kappa shape index (κ3) is 3.81. The number of nitrogens with zero attached hydrogens (tertiary/aromatic N) is 1. The minimum Gasteiger partial charge on any atom is -0.493 e. The number of hydrogen-bond acceptors (Lipinski definition) is 5. The van der Waals surface area contributed by atoms with Crippen LogP contribution >= 0.6 is 0 Å². The van der Waals surface area contributed by atoms with Crippen molar-refractivity contribution in [3.05, 3.63) is 36.3 Å². The highest BCUT2D eigenvalue weighted by molar-refractivity contribution is 5.83. The number of carboxylic acid groups (broad SMARTS) is 1. The molecule has 6 heteroatoms. The molecular weight excluding hydrogens is 274 g/mol. The van der Waals surface area contributed by atoms with E-state index in [-0.39, 0.29) is 25.1 Å². The highest BCUT2D eigenvalue weighted by Crippen LogP contribution is 2.31. The minimum atomic E-state index is -1.15. The van der Waals surface area contributed by atoms with Gasteiger partial charge in [-0.05, 0) is 19.1 Å². The average molecular weight is 293 g/mol. The first-order chi connectivity index (χ1) is 10.1. The highest BCUT2D eigenvalue weighted by atomic mass is 16.5. The van der Waals surface area contributed by atoms with E-state index in [1.807, 2.05) is 31.3 Å². The van der Waals surface area contributed by atoms with Crippen LogP contribution in [-0.2, 0) is 14.3 Å². The molecule has 6 nitrogen and oxygen atoms in total. The van der Waals surface area contributed by atoms with Crippen LogP contribution in [0.4, 0.5) is 5.69 Å². The van der Waals surface area contributed by atoms with Crippen molar-refractivity contribution >= 4 is 11.7 Å². The fraction of sp³-hybridized carbons (Fsp3) is 0.400. The van der Waals surface area contributed by atoms with Gasteiger partial charge in [0, 0.05) is 7.05 Å². The Morgan fingerprint density at radius 2 is 2.29 bits per heavy atom. The first kappa shape index (κ1) is 15.0. The van der Waals surface area contributed by atoms with Crippen LogP contribution in [0, 0.1) is 0 Å². The molecule has 1 atom stereocenters. The molecule has 1 aliphatic rings. The predicted octanol–water partition coefficient (Wildman–Crippen LogP) is 1.86. The third-order valence-electron chi connectivity index (χ3n) is 3.03. The van der Waals surface area contributed by atoms with Crippen LogP contribution in [0.1, 0.15) is 6.92 Å². The molecule has 1 aromatic rings. The molecule has 0 fully saturated rings. The summed E-state index contributed by atoms with van der Waals surface area (Å²) in [6, 6.07) is 7.76. The molecule has 0 aliphatic carbocycles. The minimum absolute atomic E-state index is 0.169. The van der Waals surface area contributed by atoms with Crippen molar-refractivity contribution in [3.63, 3.8) is 0 Å². The van der Waals surface area contributed by atoms with Crippen LogP contribution in [0.15, 0.2) is 36.3 Å². The maximum Gasteiger partial charge on any atom is 0.374 e. The average Bonchev–Trinajstić information content (AvgIpc) is 2.46. The van der Waals surface area contributed by atoms with E-state index in [9.17, 15) is 4.79 Å². The monoisotopic (exact) mass is 293 g/mol. The standard InChI is InChI=1S/C15H19NO5/c1-3-20-14(15(17)18)10-19-9-11-8-16(2)12-6-4-5-7-13(12)21-11/h4-7,10-11H,3,8-9H2,1-2H3,(H,17,18)/b14-10-. The van der Waals surface area contributed by atoms with Crippen molar-refractivity contribution in [1.29, 1.82) is 0 Å². The maximum atomic E-state index is 10.9. The van der Waals surface area contributed by atoms with Gasteiger partial charge in [-0.1, -0.05) is 12.1 Å². The van der Waals surface area contributed by atoms with Gasteiger partial charge in [-0.3, -0.25) is 0 Å². The summed E-state index contributed by atoms with van der Waals surface area (Å²) in [4.78, 5) is 13.0. The quantitative estimate of drug-likeness (QED) is 0.638. The molecule has 0 saturated heterocycles. The van der Waals surface area contributed by atoms with E-state index in [1.165, 1.54) is 0 Å². The number of hydrogen-bond donors (Lipinski definition) is 1. The van der Waals surface area contributed by atoms with Crippen molar-refractivity contribution in [1.82, 2.24) is 0 Å². The second-order valence-corrected chi connectivity index (χ2v) is 4.64. The summed E-state index contributed by atoms with van der Waals surface area (Å²) in [6.45, 7) is 2.91. The van der Waals surface area contributed by atoms with Crippen LogP contribution in [0.3, 0.4) is 0 Å². The van der Waals surface area contributed by atoms with E-state index >= 15 is 0 Å². The van der Waals surface area contributed by atoms with Gasteiger partial charge in [0.05, 0.1) is 18.8 Å². The van der Waals surface area contributed by atoms with E-state index in [0.717, 1.165) is 17.7 Å². The first-order valence-electron chi connectivity index (χ1n) is 6.76. The van der Waals surface area contributed by atoms with E-state index < -0.39 is 5.97 Å². The molecule has 0 amide bonds. The lowest BCUT2D eigenvalue weighted by atomic mass is 10.2. The highest BCUT2D eigenvalue weighted by Gasteiger charge is 2.23. The SMILES string of the molecule is CCO/C(=C\OCC1CN(C)c2ccccc2O1)C(=O)O. The fourth-order valence-electron chi connectivity index (χ4n) is 2.11. The Morgan fingerprint density at radius 1 is 1.52 bits per heavy atom. The Hall–Kier alpha value is -2.37. The molecule has 0 aromatic heterocycles. The Labute approximate surface area is 123 Å². The number of fused-ring (bicyclic) bond motifs is 1. The van der Waals surface area contributed by atoms with Gasteiger partial charge < -0.3 is 24.2 Å². The second kappa shape index (κ2) is 6.88. The van der Waals surface area contributed by atoms with Gasteiger partial charge in [-0.15, -0.1) is 0 Å².